The Morgan fingerprint density at radius 2 is 2.15 bits per heavy atom. The van der Waals surface area contributed by atoms with Crippen molar-refractivity contribution in [1.82, 2.24) is 9.38 Å². The minimum absolute atomic E-state index is 0.00810. The van der Waals surface area contributed by atoms with E-state index >= 15 is 0 Å². The van der Waals surface area contributed by atoms with Gasteiger partial charge in [0.2, 0.25) is 0 Å². The van der Waals surface area contributed by atoms with Gasteiger partial charge in [0.25, 0.3) is 0 Å². The predicted octanol–water partition coefficient (Wildman–Crippen LogP) is 2.93. The molecule has 2 aromatic heterocycles. The largest absolute Gasteiger partial charge is 0.487 e. The second kappa shape index (κ2) is 5.35. The van der Waals surface area contributed by atoms with E-state index in [2.05, 4.69) is 4.98 Å². The lowest BCUT2D eigenvalue weighted by Gasteiger charge is -2.09. The summed E-state index contributed by atoms with van der Waals surface area (Å²) in [5.41, 5.74) is 8.77. The van der Waals surface area contributed by atoms with Crippen molar-refractivity contribution in [3.63, 3.8) is 0 Å². The maximum atomic E-state index is 5.87. The second-order valence-electron chi connectivity index (χ2n) is 4.85. The molecular weight excluding hydrogens is 250 g/mol. The molecule has 0 saturated heterocycles. The summed E-state index contributed by atoms with van der Waals surface area (Å²) in [5, 5.41) is 0. The van der Waals surface area contributed by atoms with Gasteiger partial charge in [0.1, 0.15) is 18.0 Å². The fraction of sp³-hybridized carbons (Fsp3) is 0.188. The summed E-state index contributed by atoms with van der Waals surface area (Å²) >= 11 is 0. The van der Waals surface area contributed by atoms with Crippen LogP contribution in [0.4, 0.5) is 0 Å². The first-order chi connectivity index (χ1) is 9.72. The van der Waals surface area contributed by atoms with Crippen LogP contribution in [0.5, 0.6) is 5.75 Å². The van der Waals surface area contributed by atoms with Crippen molar-refractivity contribution in [3.8, 4) is 5.75 Å². The fourth-order valence-corrected chi connectivity index (χ4v) is 2.10. The number of hydrogen-bond acceptors (Lipinski definition) is 3. The average Bonchev–Trinajstić information content (AvgIpc) is 2.88. The van der Waals surface area contributed by atoms with E-state index in [4.69, 9.17) is 10.5 Å². The Morgan fingerprint density at radius 3 is 2.95 bits per heavy atom. The zero-order valence-electron chi connectivity index (χ0n) is 11.4. The van der Waals surface area contributed by atoms with Gasteiger partial charge in [-0.1, -0.05) is 18.2 Å². The van der Waals surface area contributed by atoms with Crippen LogP contribution in [0, 0.1) is 0 Å². The van der Waals surface area contributed by atoms with Crippen LogP contribution in [0.25, 0.3) is 5.65 Å². The van der Waals surface area contributed by atoms with E-state index in [1.807, 2.05) is 66.2 Å². The Labute approximate surface area is 117 Å². The lowest BCUT2D eigenvalue weighted by atomic mass is 10.1. The molecule has 3 rings (SSSR count). The van der Waals surface area contributed by atoms with Crippen molar-refractivity contribution in [3.05, 3.63) is 66.1 Å². The molecule has 0 radical (unpaired) electrons. The topological polar surface area (TPSA) is 52.5 Å². The van der Waals surface area contributed by atoms with Crippen LogP contribution in [0.1, 0.15) is 24.2 Å². The SMILES string of the molecule is CC(N)c1cccc(OCc2cn3ccccc3n2)c1. The molecule has 0 bridgehead atoms. The van der Waals surface area contributed by atoms with Crippen LogP contribution in [0.3, 0.4) is 0 Å². The van der Waals surface area contributed by atoms with Gasteiger partial charge in [-0.05, 0) is 36.8 Å². The monoisotopic (exact) mass is 267 g/mol. The standard InChI is InChI=1S/C16H17N3O/c1-12(17)13-5-4-6-15(9-13)20-11-14-10-19-8-3-2-7-16(19)18-14/h2-10,12H,11,17H2,1H3. The summed E-state index contributed by atoms with van der Waals surface area (Å²) in [6, 6.07) is 13.8. The summed E-state index contributed by atoms with van der Waals surface area (Å²) in [6.07, 6.45) is 3.95. The van der Waals surface area contributed by atoms with Crippen LogP contribution >= 0.6 is 0 Å². The maximum Gasteiger partial charge on any atom is 0.137 e. The van der Waals surface area contributed by atoms with E-state index in [1.54, 1.807) is 0 Å². The van der Waals surface area contributed by atoms with E-state index < -0.39 is 0 Å². The third kappa shape index (κ3) is 2.65. The molecule has 1 aromatic carbocycles. The molecule has 0 amide bonds. The van der Waals surface area contributed by atoms with Gasteiger partial charge in [-0.3, -0.25) is 0 Å². The van der Waals surface area contributed by atoms with Gasteiger partial charge in [0.15, 0.2) is 0 Å². The number of nitrogens with two attached hydrogens (primary N) is 1. The van der Waals surface area contributed by atoms with Crippen molar-refractivity contribution in [1.29, 1.82) is 0 Å². The number of hydrogen-bond donors (Lipinski definition) is 1. The highest BCUT2D eigenvalue weighted by atomic mass is 16.5. The molecule has 0 aliphatic rings. The number of benzene rings is 1. The minimum atomic E-state index is 0.00810. The molecule has 0 aliphatic carbocycles. The molecule has 2 heterocycles. The smallest absolute Gasteiger partial charge is 0.137 e. The first kappa shape index (κ1) is 12.7. The summed E-state index contributed by atoms with van der Waals surface area (Å²) in [7, 11) is 0. The van der Waals surface area contributed by atoms with Crippen LogP contribution in [0.15, 0.2) is 54.9 Å². The molecule has 0 fully saturated rings. The quantitative estimate of drug-likeness (QED) is 0.790. The molecule has 3 aromatic rings. The number of ether oxygens (including phenoxy) is 1. The Kier molecular flexibility index (Phi) is 3.39. The molecule has 102 valence electrons. The Morgan fingerprint density at radius 1 is 1.25 bits per heavy atom. The second-order valence-corrected chi connectivity index (χ2v) is 4.85. The number of nitrogens with zero attached hydrogens (tertiary/aromatic N) is 2. The van der Waals surface area contributed by atoms with Crippen molar-refractivity contribution in [2.45, 2.75) is 19.6 Å². The number of aromatic nitrogens is 2. The van der Waals surface area contributed by atoms with Gasteiger partial charge in [-0.15, -0.1) is 0 Å². The normalized spacial score (nSPS) is 12.5. The van der Waals surface area contributed by atoms with Crippen molar-refractivity contribution >= 4 is 5.65 Å². The minimum Gasteiger partial charge on any atom is -0.487 e. The highest BCUT2D eigenvalue weighted by molar-refractivity contribution is 5.39. The Bertz CT molecular complexity index is 685. The highest BCUT2D eigenvalue weighted by Gasteiger charge is 2.04. The summed E-state index contributed by atoms with van der Waals surface area (Å²) < 4.78 is 7.76. The van der Waals surface area contributed by atoms with E-state index in [0.717, 1.165) is 22.7 Å². The number of pyridine rings is 1. The molecule has 0 saturated carbocycles. The number of rotatable bonds is 4. The zero-order chi connectivity index (χ0) is 13.9. The molecule has 4 heteroatoms. The van der Waals surface area contributed by atoms with Crippen LogP contribution < -0.4 is 10.5 Å². The number of imidazole rings is 1. The van der Waals surface area contributed by atoms with Crippen molar-refractivity contribution in [2.24, 2.45) is 5.73 Å². The fourth-order valence-electron chi connectivity index (χ4n) is 2.10. The van der Waals surface area contributed by atoms with Gasteiger partial charge < -0.3 is 14.9 Å². The molecule has 20 heavy (non-hydrogen) atoms. The molecular formula is C16H17N3O. The first-order valence-corrected chi connectivity index (χ1v) is 6.63. The van der Waals surface area contributed by atoms with Gasteiger partial charge in [-0.2, -0.15) is 0 Å². The molecule has 2 N–H and O–H groups in total. The summed E-state index contributed by atoms with van der Waals surface area (Å²) in [4.78, 5) is 4.50. The molecule has 0 spiro atoms. The van der Waals surface area contributed by atoms with E-state index in [1.165, 1.54) is 0 Å². The molecule has 4 nitrogen and oxygen atoms in total. The maximum absolute atomic E-state index is 5.87. The zero-order valence-corrected chi connectivity index (χ0v) is 11.4. The summed E-state index contributed by atoms with van der Waals surface area (Å²) in [6.45, 7) is 2.41. The molecule has 1 unspecified atom stereocenters. The van der Waals surface area contributed by atoms with Gasteiger partial charge in [0, 0.05) is 18.4 Å². The third-order valence-corrected chi connectivity index (χ3v) is 3.18. The lowest BCUT2D eigenvalue weighted by molar-refractivity contribution is 0.301. The predicted molar refractivity (Wildman–Crippen MR) is 78.6 cm³/mol. The van der Waals surface area contributed by atoms with E-state index in [9.17, 15) is 0 Å². The molecule has 1 atom stereocenters. The van der Waals surface area contributed by atoms with Gasteiger partial charge in [0.05, 0.1) is 5.69 Å². The van der Waals surface area contributed by atoms with E-state index in [-0.39, 0.29) is 6.04 Å². The Hall–Kier alpha value is -2.33. The molecule has 0 aliphatic heterocycles. The third-order valence-electron chi connectivity index (χ3n) is 3.18. The van der Waals surface area contributed by atoms with Crippen LogP contribution in [-0.2, 0) is 6.61 Å². The average molecular weight is 267 g/mol. The van der Waals surface area contributed by atoms with Crippen molar-refractivity contribution < 1.29 is 4.74 Å². The van der Waals surface area contributed by atoms with Crippen LogP contribution in [-0.4, -0.2) is 9.38 Å². The van der Waals surface area contributed by atoms with Gasteiger partial charge in [-0.25, -0.2) is 4.98 Å². The summed E-state index contributed by atoms with van der Waals surface area (Å²) in [5.74, 6) is 0.817. The lowest BCUT2D eigenvalue weighted by Crippen LogP contribution is -2.05. The van der Waals surface area contributed by atoms with E-state index in [0.29, 0.717) is 6.61 Å². The number of fused-ring (bicyclic) bond motifs is 1. The first-order valence-electron chi connectivity index (χ1n) is 6.63. The van der Waals surface area contributed by atoms with Crippen LogP contribution in [0.2, 0.25) is 0 Å². The van der Waals surface area contributed by atoms with Gasteiger partial charge >= 0.3 is 0 Å². The van der Waals surface area contributed by atoms with Crippen molar-refractivity contribution in [2.75, 3.05) is 0 Å². The highest BCUT2D eigenvalue weighted by Crippen LogP contribution is 2.18. The Balaban J connectivity index is 1.74.